The van der Waals surface area contributed by atoms with Crippen molar-refractivity contribution >= 4 is 21.9 Å². The Balaban J connectivity index is 2.26. The molecule has 0 amide bonds. The molecule has 0 aliphatic heterocycles. The minimum atomic E-state index is -0.374. The van der Waals surface area contributed by atoms with Gasteiger partial charge in [0.2, 0.25) is 5.95 Å². The van der Waals surface area contributed by atoms with Gasteiger partial charge in [0.1, 0.15) is 11.6 Å². The molecule has 0 unspecified atom stereocenters. The van der Waals surface area contributed by atoms with Crippen molar-refractivity contribution in [2.24, 2.45) is 0 Å². The van der Waals surface area contributed by atoms with Crippen LogP contribution in [0.3, 0.4) is 0 Å². The van der Waals surface area contributed by atoms with E-state index in [1.54, 1.807) is 0 Å². The molecular weight excluding hydrogens is 343 g/mol. The number of benzene rings is 1. The highest BCUT2D eigenvalue weighted by molar-refractivity contribution is 9.10. The smallest absolute Gasteiger partial charge is 0.330 e. The van der Waals surface area contributed by atoms with Crippen LogP contribution in [-0.4, -0.2) is 28.1 Å². The van der Waals surface area contributed by atoms with Crippen molar-refractivity contribution in [3.05, 3.63) is 28.5 Å². The first-order chi connectivity index (χ1) is 10.1. The number of rotatable bonds is 6. The highest BCUT2D eigenvalue weighted by Gasteiger charge is 2.10. The molecule has 112 valence electrons. The van der Waals surface area contributed by atoms with Gasteiger partial charge < -0.3 is 14.8 Å². The molecule has 1 heterocycles. The van der Waals surface area contributed by atoms with Crippen molar-refractivity contribution in [3.8, 4) is 17.8 Å². The number of ether oxygens (including phenoxy) is 2. The lowest BCUT2D eigenvalue weighted by Gasteiger charge is -2.08. The van der Waals surface area contributed by atoms with Gasteiger partial charge in [-0.1, -0.05) is 0 Å². The Morgan fingerprint density at radius 3 is 2.62 bits per heavy atom. The molecule has 1 aromatic carbocycles. The molecule has 1 aromatic heterocycles. The Hall–Kier alpha value is -1.96. The molecule has 1 N–H and O–H groups in total. The summed E-state index contributed by atoms with van der Waals surface area (Å²) >= 11 is 3.09. The van der Waals surface area contributed by atoms with Crippen LogP contribution >= 0.6 is 15.9 Å². The topological polar surface area (TPSA) is 69.2 Å². The highest BCUT2D eigenvalue weighted by Crippen LogP contribution is 2.25. The molecule has 21 heavy (non-hydrogen) atoms. The van der Waals surface area contributed by atoms with Gasteiger partial charge in [-0.15, -0.1) is 4.98 Å². The Morgan fingerprint density at radius 1 is 1.19 bits per heavy atom. The fraction of sp³-hybridized carbons (Fsp3) is 0.308. The Morgan fingerprint density at radius 2 is 1.95 bits per heavy atom. The molecule has 0 saturated carbocycles. The quantitative estimate of drug-likeness (QED) is 0.855. The molecule has 2 aromatic rings. The van der Waals surface area contributed by atoms with Crippen molar-refractivity contribution < 1.29 is 13.9 Å². The monoisotopic (exact) mass is 356 g/mol. The molecule has 8 heteroatoms. The number of nitrogens with one attached hydrogen (secondary N) is 1. The first-order valence-electron chi connectivity index (χ1n) is 6.38. The first-order valence-corrected chi connectivity index (χ1v) is 7.17. The van der Waals surface area contributed by atoms with E-state index in [4.69, 9.17) is 9.47 Å². The summed E-state index contributed by atoms with van der Waals surface area (Å²) in [6.45, 7) is 4.82. The fourth-order valence-electron chi connectivity index (χ4n) is 1.46. The van der Waals surface area contributed by atoms with Crippen LogP contribution in [0.1, 0.15) is 13.8 Å². The Bertz CT molecular complexity index is 603. The Kier molecular flexibility index (Phi) is 5.26. The van der Waals surface area contributed by atoms with Gasteiger partial charge in [0.05, 0.1) is 11.1 Å². The van der Waals surface area contributed by atoms with Crippen LogP contribution in [0, 0.1) is 5.82 Å². The van der Waals surface area contributed by atoms with E-state index in [1.807, 2.05) is 13.8 Å². The third kappa shape index (κ3) is 4.25. The molecule has 6 nitrogen and oxygen atoms in total. The van der Waals surface area contributed by atoms with Crippen LogP contribution in [0.4, 0.5) is 10.3 Å². The van der Waals surface area contributed by atoms with Crippen LogP contribution in [-0.2, 0) is 0 Å². The summed E-state index contributed by atoms with van der Waals surface area (Å²) in [5, 5.41) is 2.96. The summed E-state index contributed by atoms with van der Waals surface area (Å²) in [4.78, 5) is 12.2. The standard InChI is InChI=1S/C13H14BrFN4O2/c1-3-16-11-17-12(20-4-2)19-13(18-11)21-8-5-6-10(15)9(14)7-8/h5-7H,3-4H2,1-2H3,(H,16,17,18,19). The number of hydrogen-bond donors (Lipinski definition) is 1. The largest absolute Gasteiger partial charge is 0.464 e. The van der Waals surface area contributed by atoms with Gasteiger partial charge >= 0.3 is 12.0 Å². The fourth-order valence-corrected chi connectivity index (χ4v) is 1.82. The lowest BCUT2D eigenvalue weighted by Crippen LogP contribution is -2.07. The van der Waals surface area contributed by atoms with E-state index in [1.165, 1.54) is 18.2 Å². The molecule has 2 rings (SSSR count). The highest BCUT2D eigenvalue weighted by atomic mass is 79.9. The second kappa shape index (κ2) is 7.16. The zero-order valence-corrected chi connectivity index (χ0v) is 13.1. The third-order valence-corrected chi connectivity index (χ3v) is 2.91. The predicted octanol–water partition coefficient (Wildman–Crippen LogP) is 3.40. The SMILES string of the molecule is CCNc1nc(OCC)nc(Oc2ccc(F)c(Br)c2)n1. The van der Waals surface area contributed by atoms with Crippen molar-refractivity contribution in [2.75, 3.05) is 18.5 Å². The third-order valence-electron chi connectivity index (χ3n) is 2.30. The zero-order valence-electron chi connectivity index (χ0n) is 11.6. The van der Waals surface area contributed by atoms with Gasteiger partial charge in [0.25, 0.3) is 0 Å². The minimum Gasteiger partial charge on any atom is -0.464 e. The van der Waals surface area contributed by atoms with Crippen LogP contribution in [0.2, 0.25) is 0 Å². The number of nitrogens with zero attached hydrogens (tertiary/aromatic N) is 3. The van der Waals surface area contributed by atoms with Crippen molar-refractivity contribution in [1.29, 1.82) is 0 Å². The summed E-state index contributed by atoms with van der Waals surface area (Å²) in [6.07, 6.45) is 0. The lowest BCUT2D eigenvalue weighted by molar-refractivity contribution is 0.304. The summed E-state index contributed by atoms with van der Waals surface area (Å²) in [6, 6.07) is 4.50. The zero-order chi connectivity index (χ0) is 15.2. The average Bonchev–Trinajstić information content (AvgIpc) is 2.43. The van der Waals surface area contributed by atoms with Gasteiger partial charge in [-0.25, -0.2) is 4.39 Å². The number of halogens is 2. The van der Waals surface area contributed by atoms with E-state index in [0.29, 0.717) is 29.3 Å². The molecule has 0 fully saturated rings. The molecule has 0 aliphatic rings. The first kappa shape index (κ1) is 15.4. The minimum absolute atomic E-state index is 0.0721. The molecule has 0 atom stereocenters. The number of aromatic nitrogens is 3. The second-order valence-electron chi connectivity index (χ2n) is 3.87. The van der Waals surface area contributed by atoms with Gasteiger partial charge in [0, 0.05) is 6.54 Å². The van der Waals surface area contributed by atoms with E-state index < -0.39 is 0 Å². The van der Waals surface area contributed by atoms with E-state index >= 15 is 0 Å². The normalized spacial score (nSPS) is 10.3. The van der Waals surface area contributed by atoms with E-state index in [9.17, 15) is 4.39 Å². The maximum Gasteiger partial charge on any atom is 0.330 e. The summed E-state index contributed by atoms with van der Waals surface area (Å²) in [5.41, 5.74) is 0. The maximum atomic E-state index is 13.2. The van der Waals surface area contributed by atoms with Crippen molar-refractivity contribution in [1.82, 2.24) is 15.0 Å². The van der Waals surface area contributed by atoms with E-state index in [-0.39, 0.29) is 17.8 Å². The molecule has 0 radical (unpaired) electrons. The van der Waals surface area contributed by atoms with E-state index in [0.717, 1.165) is 0 Å². The van der Waals surface area contributed by atoms with Crippen molar-refractivity contribution in [3.63, 3.8) is 0 Å². The van der Waals surface area contributed by atoms with E-state index in [2.05, 4.69) is 36.2 Å². The maximum absolute atomic E-state index is 13.2. The molecule has 0 bridgehead atoms. The lowest BCUT2D eigenvalue weighted by atomic mass is 10.3. The molecule has 0 saturated heterocycles. The van der Waals surface area contributed by atoms with Crippen LogP contribution in [0.25, 0.3) is 0 Å². The van der Waals surface area contributed by atoms with Gasteiger partial charge in [-0.2, -0.15) is 9.97 Å². The van der Waals surface area contributed by atoms with Crippen molar-refractivity contribution in [2.45, 2.75) is 13.8 Å². The Labute approximate surface area is 129 Å². The van der Waals surface area contributed by atoms with Gasteiger partial charge in [-0.05, 0) is 48.0 Å². The second-order valence-corrected chi connectivity index (χ2v) is 4.72. The average molecular weight is 357 g/mol. The van der Waals surface area contributed by atoms with Crippen LogP contribution < -0.4 is 14.8 Å². The predicted molar refractivity (Wildman–Crippen MR) is 79.3 cm³/mol. The van der Waals surface area contributed by atoms with Crippen LogP contribution in [0.15, 0.2) is 22.7 Å². The molecule has 0 spiro atoms. The summed E-state index contributed by atoms with van der Waals surface area (Å²) in [7, 11) is 0. The molecular formula is C13H14BrFN4O2. The number of anilines is 1. The molecule has 0 aliphatic carbocycles. The van der Waals surface area contributed by atoms with Gasteiger partial charge in [0.15, 0.2) is 0 Å². The van der Waals surface area contributed by atoms with Gasteiger partial charge in [-0.3, -0.25) is 0 Å². The number of hydrogen-bond acceptors (Lipinski definition) is 6. The summed E-state index contributed by atoms with van der Waals surface area (Å²) < 4.78 is 24.3. The summed E-state index contributed by atoms with van der Waals surface area (Å²) in [5.74, 6) is 0.382. The van der Waals surface area contributed by atoms with Crippen LogP contribution in [0.5, 0.6) is 17.8 Å².